The predicted octanol–water partition coefficient (Wildman–Crippen LogP) is 2.94. The van der Waals surface area contributed by atoms with Crippen molar-refractivity contribution in [1.82, 2.24) is 5.32 Å². The summed E-state index contributed by atoms with van der Waals surface area (Å²) in [6.45, 7) is 0.930. The van der Waals surface area contributed by atoms with Crippen LogP contribution in [0.15, 0.2) is 48.5 Å². The molecule has 1 atom stereocenters. The molecule has 8 heteroatoms. The minimum atomic E-state index is -0.700. The van der Waals surface area contributed by atoms with Gasteiger partial charge in [-0.05, 0) is 31.0 Å². The highest BCUT2D eigenvalue weighted by molar-refractivity contribution is 6.30. The van der Waals surface area contributed by atoms with Crippen LogP contribution < -0.4 is 10.1 Å². The Labute approximate surface area is 155 Å². The standard InChI is InChI=1S/C18H17ClN2O5/c1-12(22)15(9-13-5-3-2-4-6-13)20-18(23)11-26-17-8-7-14(19)10-16(17)21(24)25/h2-8,10,15H,9,11H2,1H3,(H,20,23)/t15-/m1/s1. The number of hydrogen-bond donors (Lipinski definition) is 1. The lowest BCUT2D eigenvalue weighted by Gasteiger charge is -2.16. The highest BCUT2D eigenvalue weighted by Gasteiger charge is 2.20. The van der Waals surface area contributed by atoms with Crippen LogP contribution in [-0.2, 0) is 16.0 Å². The van der Waals surface area contributed by atoms with Crippen LogP contribution in [-0.4, -0.2) is 29.3 Å². The number of nitro benzene ring substituents is 1. The molecule has 0 fully saturated rings. The topological polar surface area (TPSA) is 98.5 Å². The first-order valence-corrected chi connectivity index (χ1v) is 8.15. The third kappa shape index (κ3) is 5.56. The minimum absolute atomic E-state index is 0.0722. The number of carbonyl (C=O) groups is 2. The number of halogens is 1. The van der Waals surface area contributed by atoms with Crippen molar-refractivity contribution >= 4 is 29.0 Å². The van der Waals surface area contributed by atoms with E-state index in [1.807, 2.05) is 30.3 Å². The van der Waals surface area contributed by atoms with Gasteiger partial charge >= 0.3 is 5.69 Å². The van der Waals surface area contributed by atoms with E-state index < -0.39 is 23.5 Å². The van der Waals surface area contributed by atoms with E-state index >= 15 is 0 Å². The molecular weight excluding hydrogens is 360 g/mol. The number of ether oxygens (including phenoxy) is 1. The van der Waals surface area contributed by atoms with Gasteiger partial charge < -0.3 is 10.1 Å². The van der Waals surface area contributed by atoms with E-state index in [-0.39, 0.29) is 22.2 Å². The van der Waals surface area contributed by atoms with Gasteiger partial charge in [0.05, 0.1) is 11.0 Å². The summed E-state index contributed by atoms with van der Waals surface area (Å²) in [5, 5.41) is 13.8. The van der Waals surface area contributed by atoms with Crippen LogP contribution in [0.2, 0.25) is 5.02 Å². The number of rotatable bonds is 8. The van der Waals surface area contributed by atoms with Gasteiger partial charge in [0.2, 0.25) is 0 Å². The smallest absolute Gasteiger partial charge is 0.312 e. The van der Waals surface area contributed by atoms with Gasteiger partial charge in [-0.15, -0.1) is 0 Å². The summed E-state index contributed by atoms with van der Waals surface area (Å²) in [5.41, 5.74) is 0.569. The maximum Gasteiger partial charge on any atom is 0.312 e. The maximum absolute atomic E-state index is 12.1. The number of ketones is 1. The van der Waals surface area contributed by atoms with E-state index in [2.05, 4.69) is 5.32 Å². The zero-order valence-corrected chi connectivity index (χ0v) is 14.7. The first-order valence-electron chi connectivity index (χ1n) is 7.77. The Kier molecular flexibility index (Phi) is 6.68. The zero-order chi connectivity index (χ0) is 19.1. The first kappa shape index (κ1) is 19.4. The third-order valence-corrected chi connectivity index (χ3v) is 3.82. The number of Topliss-reactive ketones (excluding diaryl/α,β-unsaturated/α-hetero) is 1. The molecule has 0 heterocycles. The molecule has 0 aromatic heterocycles. The fraction of sp³-hybridized carbons (Fsp3) is 0.222. The number of nitrogens with zero attached hydrogens (tertiary/aromatic N) is 1. The molecule has 0 saturated carbocycles. The lowest BCUT2D eigenvalue weighted by molar-refractivity contribution is -0.385. The molecule has 1 amide bonds. The molecule has 0 radical (unpaired) electrons. The molecule has 0 aliphatic carbocycles. The van der Waals surface area contributed by atoms with Gasteiger partial charge in [0.1, 0.15) is 0 Å². The normalized spacial score (nSPS) is 11.5. The lowest BCUT2D eigenvalue weighted by atomic mass is 10.0. The quantitative estimate of drug-likeness (QED) is 0.564. The van der Waals surface area contributed by atoms with Crippen molar-refractivity contribution in [1.29, 1.82) is 0 Å². The van der Waals surface area contributed by atoms with Crippen molar-refractivity contribution in [2.45, 2.75) is 19.4 Å². The molecule has 0 aliphatic heterocycles. The largest absolute Gasteiger partial charge is 0.477 e. The Morgan fingerprint density at radius 1 is 1.23 bits per heavy atom. The minimum Gasteiger partial charge on any atom is -0.477 e. The van der Waals surface area contributed by atoms with Crippen LogP contribution in [0, 0.1) is 10.1 Å². The third-order valence-electron chi connectivity index (χ3n) is 3.59. The van der Waals surface area contributed by atoms with E-state index in [4.69, 9.17) is 16.3 Å². The van der Waals surface area contributed by atoms with Crippen molar-refractivity contribution in [2.24, 2.45) is 0 Å². The Hall–Kier alpha value is -2.93. The van der Waals surface area contributed by atoms with Crippen molar-refractivity contribution in [3.05, 3.63) is 69.2 Å². The number of hydrogen-bond acceptors (Lipinski definition) is 5. The summed E-state index contributed by atoms with van der Waals surface area (Å²) in [6, 6.07) is 12.4. The molecule has 0 spiro atoms. The predicted molar refractivity (Wildman–Crippen MR) is 96.4 cm³/mol. The second kappa shape index (κ2) is 8.96. The van der Waals surface area contributed by atoms with Crippen LogP contribution in [0.4, 0.5) is 5.69 Å². The Balaban J connectivity index is 1.99. The Morgan fingerprint density at radius 3 is 2.54 bits per heavy atom. The van der Waals surface area contributed by atoms with Crippen LogP contribution in [0.1, 0.15) is 12.5 Å². The zero-order valence-electron chi connectivity index (χ0n) is 14.0. The van der Waals surface area contributed by atoms with Crippen LogP contribution in [0.25, 0.3) is 0 Å². The number of nitrogens with one attached hydrogen (secondary N) is 1. The number of benzene rings is 2. The van der Waals surface area contributed by atoms with E-state index in [9.17, 15) is 19.7 Å². The van der Waals surface area contributed by atoms with Gasteiger partial charge in [-0.2, -0.15) is 0 Å². The molecule has 1 N–H and O–H groups in total. The Morgan fingerprint density at radius 2 is 1.92 bits per heavy atom. The number of amides is 1. The average Bonchev–Trinajstić information content (AvgIpc) is 2.60. The van der Waals surface area contributed by atoms with E-state index in [1.165, 1.54) is 19.1 Å². The maximum atomic E-state index is 12.1. The van der Waals surface area contributed by atoms with Gasteiger partial charge in [-0.3, -0.25) is 19.7 Å². The molecule has 0 unspecified atom stereocenters. The van der Waals surface area contributed by atoms with Gasteiger partial charge in [-0.25, -0.2) is 0 Å². The summed E-state index contributed by atoms with van der Waals surface area (Å²) >= 11 is 5.73. The van der Waals surface area contributed by atoms with Crippen LogP contribution in [0.5, 0.6) is 5.75 Å². The van der Waals surface area contributed by atoms with Gasteiger partial charge in [0.25, 0.3) is 5.91 Å². The molecule has 0 aliphatic rings. The van der Waals surface area contributed by atoms with E-state index in [1.54, 1.807) is 0 Å². The molecule has 2 aromatic carbocycles. The highest BCUT2D eigenvalue weighted by atomic mass is 35.5. The van der Waals surface area contributed by atoms with E-state index in [0.29, 0.717) is 6.42 Å². The molecule has 2 rings (SSSR count). The second-order valence-electron chi connectivity index (χ2n) is 5.58. The van der Waals surface area contributed by atoms with Crippen molar-refractivity contribution in [3.63, 3.8) is 0 Å². The van der Waals surface area contributed by atoms with Crippen LogP contribution >= 0.6 is 11.6 Å². The van der Waals surface area contributed by atoms with Crippen LogP contribution in [0.3, 0.4) is 0 Å². The summed E-state index contributed by atoms with van der Waals surface area (Å²) in [5.74, 6) is -0.818. The molecule has 26 heavy (non-hydrogen) atoms. The molecule has 0 bridgehead atoms. The summed E-state index contributed by atoms with van der Waals surface area (Å²) in [7, 11) is 0. The van der Waals surface area contributed by atoms with E-state index in [0.717, 1.165) is 11.6 Å². The summed E-state index contributed by atoms with van der Waals surface area (Å²) in [6.07, 6.45) is 0.350. The molecule has 136 valence electrons. The summed E-state index contributed by atoms with van der Waals surface area (Å²) in [4.78, 5) is 34.2. The molecule has 2 aromatic rings. The average molecular weight is 377 g/mol. The molecule has 7 nitrogen and oxygen atoms in total. The number of nitro groups is 1. The summed E-state index contributed by atoms with van der Waals surface area (Å²) < 4.78 is 5.22. The van der Waals surface area contributed by atoms with Crippen molar-refractivity contribution in [2.75, 3.05) is 6.61 Å². The second-order valence-corrected chi connectivity index (χ2v) is 6.01. The Bertz CT molecular complexity index is 810. The fourth-order valence-corrected chi connectivity index (χ4v) is 2.45. The number of carbonyl (C=O) groups excluding carboxylic acids is 2. The van der Waals surface area contributed by atoms with Crippen molar-refractivity contribution < 1.29 is 19.2 Å². The fourth-order valence-electron chi connectivity index (χ4n) is 2.28. The van der Waals surface area contributed by atoms with Gasteiger partial charge in [0.15, 0.2) is 18.1 Å². The van der Waals surface area contributed by atoms with Gasteiger partial charge in [0, 0.05) is 11.1 Å². The van der Waals surface area contributed by atoms with Gasteiger partial charge in [-0.1, -0.05) is 41.9 Å². The highest BCUT2D eigenvalue weighted by Crippen LogP contribution is 2.29. The lowest BCUT2D eigenvalue weighted by Crippen LogP contribution is -2.43. The SMILES string of the molecule is CC(=O)[C@@H](Cc1ccccc1)NC(=O)COc1ccc(Cl)cc1[N+](=O)[O-]. The monoisotopic (exact) mass is 376 g/mol. The van der Waals surface area contributed by atoms with Crippen molar-refractivity contribution in [3.8, 4) is 5.75 Å². The first-order chi connectivity index (χ1) is 12.4. The molecular formula is C18H17ClN2O5. The molecule has 0 saturated heterocycles.